The number of rotatable bonds is 5. The molecule has 0 saturated heterocycles. The van der Waals surface area contributed by atoms with E-state index in [0.717, 1.165) is 18.9 Å². The zero-order valence-corrected chi connectivity index (χ0v) is 11.8. The van der Waals surface area contributed by atoms with Gasteiger partial charge in [-0.1, -0.05) is 6.07 Å². The zero-order valence-electron chi connectivity index (χ0n) is 11.0. The predicted octanol–water partition coefficient (Wildman–Crippen LogP) is 1.78. The van der Waals surface area contributed by atoms with Crippen molar-refractivity contribution in [2.75, 3.05) is 0 Å². The predicted molar refractivity (Wildman–Crippen MR) is 69.4 cm³/mol. The molecule has 2 rings (SSSR count). The first kappa shape index (κ1) is 14.4. The third kappa shape index (κ3) is 3.13. The molecule has 2 N–H and O–H groups in total. The summed E-state index contributed by atoms with van der Waals surface area (Å²) in [5.41, 5.74) is -0.216. The van der Waals surface area contributed by atoms with Crippen LogP contribution in [0.1, 0.15) is 32.3 Å². The molecule has 106 valence electrons. The second-order valence-corrected chi connectivity index (χ2v) is 7.18. The maximum atomic E-state index is 13.7. The first-order valence-corrected chi connectivity index (χ1v) is 7.68. The van der Waals surface area contributed by atoms with Gasteiger partial charge in [-0.05, 0) is 50.3 Å². The van der Waals surface area contributed by atoms with Crippen LogP contribution in [0.4, 0.5) is 4.39 Å². The molecule has 0 bridgehead atoms. The summed E-state index contributed by atoms with van der Waals surface area (Å²) in [5, 5.41) is 9.01. The lowest BCUT2D eigenvalue weighted by atomic mass is 10.0. The number of aliphatic hydroxyl groups is 1. The standard InChI is InChI=1S/C13H18FNO3S/c1-13(2,10-4-5-10)15-19(17,18)12-7-9(8-16)3-6-11(12)14/h3,6-7,10,15-16H,4-5,8H2,1-2H3. The van der Waals surface area contributed by atoms with Crippen LogP contribution in [0.3, 0.4) is 0 Å². The van der Waals surface area contributed by atoms with Crippen LogP contribution >= 0.6 is 0 Å². The fourth-order valence-electron chi connectivity index (χ4n) is 2.14. The summed E-state index contributed by atoms with van der Waals surface area (Å²) in [6.45, 7) is 3.28. The molecule has 0 amide bonds. The first-order valence-electron chi connectivity index (χ1n) is 6.19. The van der Waals surface area contributed by atoms with Gasteiger partial charge in [-0.3, -0.25) is 0 Å². The number of benzene rings is 1. The van der Waals surface area contributed by atoms with Crippen molar-refractivity contribution in [3.05, 3.63) is 29.6 Å². The molecule has 1 fully saturated rings. The van der Waals surface area contributed by atoms with Crippen molar-refractivity contribution in [3.63, 3.8) is 0 Å². The monoisotopic (exact) mass is 287 g/mol. The molecule has 0 unspecified atom stereocenters. The average Bonchev–Trinajstić information content (AvgIpc) is 3.12. The Morgan fingerprint density at radius 3 is 2.58 bits per heavy atom. The average molecular weight is 287 g/mol. The maximum absolute atomic E-state index is 13.7. The Balaban J connectivity index is 2.33. The number of sulfonamides is 1. The molecule has 1 aromatic carbocycles. The minimum absolute atomic E-state index is 0.298. The number of hydrogen-bond acceptors (Lipinski definition) is 3. The van der Waals surface area contributed by atoms with Crippen molar-refractivity contribution < 1.29 is 17.9 Å². The summed E-state index contributed by atoms with van der Waals surface area (Å²) < 4.78 is 40.7. The van der Waals surface area contributed by atoms with Crippen LogP contribution in [-0.2, 0) is 16.6 Å². The van der Waals surface area contributed by atoms with Gasteiger partial charge in [0, 0.05) is 5.54 Å². The molecule has 0 aromatic heterocycles. The fraction of sp³-hybridized carbons (Fsp3) is 0.538. The van der Waals surface area contributed by atoms with E-state index in [9.17, 15) is 12.8 Å². The number of nitrogens with one attached hydrogen (secondary N) is 1. The maximum Gasteiger partial charge on any atom is 0.243 e. The van der Waals surface area contributed by atoms with Gasteiger partial charge in [-0.2, -0.15) is 0 Å². The minimum Gasteiger partial charge on any atom is -0.392 e. The quantitative estimate of drug-likeness (QED) is 0.867. The molecular weight excluding hydrogens is 269 g/mol. The normalized spacial score (nSPS) is 16.6. The third-order valence-electron chi connectivity index (χ3n) is 3.46. The Morgan fingerprint density at radius 2 is 2.05 bits per heavy atom. The highest BCUT2D eigenvalue weighted by atomic mass is 32.2. The molecule has 0 atom stereocenters. The number of aliphatic hydroxyl groups excluding tert-OH is 1. The Morgan fingerprint density at radius 1 is 1.42 bits per heavy atom. The van der Waals surface area contributed by atoms with Crippen molar-refractivity contribution in [2.24, 2.45) is 5.92 Å². The molecule has 1 saturated carbocycles. The van der Waals surface area contributed by atoms with Crippen molar-refractivity contribution >= 4 is 10.0 Å². The summed E-state index contributed by atoms with van der Waals surface area (Å²) in [6.07, 6.45) is 1.96. The van der Waals surface area contributed by atoms with Crippen LogP contribution < -0.4 is 4.72 Å². The van der Waals surface area contributed by atoms with Crippen molar-refractivity contribution in [1.82, 2.24) is 4.72 Å². The molecule has 4 nitrogen and oxygen atoms in total. The number of halogens is 1. The highest BCUT2D eigenvalue weighted by Gasteiger charge is 2.41. The van der Waals surface area contributed by atoms with Crippen molar-refractivity contribution in [1.29, 1.82) is 0 Å². The lowest BCUT2D eigenvalue weighted by molar-refractivity contribution is 0.281. The van der Waals surface area contributed by atoms with Crippen LogP contribution in [-0.4, -0.2) is 19.1 Å². The second kappa shape index (κ2) is 4.85. The van der Waals surface area contributed by atoms with E-state index in [0.29, 0.717) is 11.5 Å². The lowest BCUT2D eigenvalue weighted by Gasteiger charge is -2.26. The van der Waals surface area contributed by atoms with Crippen LogP contribution in [0.5, 0.6) is 0 Å². The van der Waals surface area contributed by atoms with Crippen LogP contribution in [0, 0.1) is 11.7 Å². The van der Waals surface area contributed by atoms with E-state index >= 15 is 0 Å². The summed E-state index contributed by atoms with van der Waals surface area (Å²) >= 11 is 0. The molecule has 1 aliphatic rings. The Hall–Kier alpha value is -0.980. The molecule has 0 heterocycles. The summed E-state index contributed by atoms with van der Waals surface area (Å²) in [5.74, 6) is -0.511. The largest absolute Gasteiger partial charge is 0.392 e. The Kier molecular flexibility index (Phi) is 3.68. The SMILES string of the molecule is CC(C)(NS(=O)(=O)c1cc(CO)ccc1F)C1CC1. The lowest BCUT2D eigenvalue weighted by Crippen LogP contribution is -2.45. The van der Waals surface area contributed by atoms with E-state index in [1.165, 1.54) is 12.1 Å². The van der Waals surface area contributed by atoms with E-state index in [1.807, 2.05) is 0 Å². The highest BCUT2D eigenvalue weighted by molar-refractivity contribution is 7.89. The van der Waals surface area contributed by atoms with Gasteiger partial charge < -0.3 is 5.11 Å². The number of hydrogen-bond donors (Lipinski definition) is 2. The molecular formula is C13H18FNO3S. The summed E-state index contributed by atoms with van der Waals surface area (Å²) in [7, 11) is -3.92. The summed E-state index contributed by atoms with van der Waals surface area (Å²) in [4.78, 5) is -0.409. The molecule has 1 aromatic rings. The van der Waals surface area contributed by atoms with E-state index in [-0.39, 0.29) is 6.61 Å². The van der Waals surface area contributed by atoms with Crippen LogP contribution in [0.15, 0.2) is 23.1 Å². The minimum atomic E-state index is -3.92. The van der Waals surface area contributed by atoms with Gasteiger partial charge >= 0.3 is 0 Å². The van der Waals surface area contributed by atoms with Gasteiger partial charge in [0.25, 0.3) is 0 Å². The summed E-state index contributed by atoms with van der Waals surface area (Å²) in [6, 6.07) is 3.59. The van der Waals surface area contributed by atoms with Crippen molar-refractivity contribution in [2.45, 2.75) is 43.7 Å². The van der Waals surface area contributed by atoms with Gasteiger partial charge in [0.1, 0.15) is 10.7 Å². The Bertz CT molecular complexity index is 580. The zero-order chi connectivity index (χ0) is 14.3. The van der Waals surface area contributed by atoms with E-state index in [1.54, 1.807) is 13.8 Å². The topological polar surface area (TPSA) is 66.4 Å². The molecule has 0 radical (unpaired) electrons. The van der Waals surface area contributed by atoms with Gasteiger partial charge in [0.05, 0.1) is 6.61 Å². The van der Waals surface area contributed by atoms with Crippen LogP contribution in [0.25, 0.3) is 0 Å². The fourth-order valence-corrected chi connectivity index (χ4v) is 3.74. The first-order chi connectivity index (χ1) is 8.76. The second-order valence-electron chi connectivity index (χ2n) is 5.52. The van der Waals surface area contributed by atoms with Gasteiger partial charge in [-0.15, -0.1) is 0 Å². The molecule has 19 heavy (non-hydrogen) atoms. The van der Waals surface area contributed by atoms with E-state index in [2.05, 4.69) is 4.72 Å². The van der Waals surface area contributed by atoms with Gasteiger partial charge in [0.2, 0.25) is 10.0 Å². The van der Waals surface area contributed by atoms with Crippen LogP contribution in [0.2, 0.25) is 0 Å². The molecule has 1 aliphatic carbocycles. The van der Waals surface area contributed by atoms with Gasteiger partial charge in [0.15, 0.2) is 0 Å². The van der Waals surface area contributed by atoms with E-state index in [4.69, 9.17) is 5.11 Å². The highest BCUT2D eigenvalue weighted by Crippen LogP contribution is 2.40. The van der Waals surface area contributed by atoms with Crippen molar-refractivity contribution in [3.8, 4) is 0 Å². The Labute approximate surface area is 112 Å². The molecule has 0 spiro atoms. The van der Waals surface area contributed by atoms with Gasteiger partial charge in [-0.25, -0.2) is 17.5 Å². The molecule has 0 aliphatic heterocycles. The van der Waals surface area contributed by atoms with E-state index < -0.39 is 26.3 Å². The third-order valence-corrected chi connectivity index (χ3v) is 5.15. The molecule has 6 heteroatoms. The smallest absolute Gasteiger partial charge is 0.243 e.